The van der Waals surface area contributed by atoms with Gasteiger partial charge in [-0.05, 0) is 37.1 Å². The normalized spacial score (nSPS) is 21.8. The smallest absolute Gasteiger partial charge is 0.338 e. The van der Waals surface area contributed by atoms with E-state index in [1.165, 1.54) is 0 Å². The highest BCUT2D eigenvalue weighted by Crippen LogP contribution is 2.34. The van der Waals surface area contributed by atoms with Gasteiger partial charge in [-0.15, -0.1) is 0 Å². The molecule has 3 saturated heterocycles. The number of anilines is 2. The minimum atomic E-state index is -1.10. The van der Waals surface area contributed by atoms with Gasteiger partial charge >= 0.3 is 5.97 Å². The lowest BCUT2D eigenvalue weighted by Crippen LogP contribution is -2.54. The molecule has 39 heavy (non-hydrogen) atoms. The van der Waals surface area contributed by atoms with Crippen molar-refractivity contribution >= 4 is 34.4 Å². The second-order valence-corrected chi connectivity index (χ2v) is 11.8. The van der Waals surface area contributed by atoms with Gasteiger partial charge in [0.25, 0.3) is 5.91 Å². The summed E-state index contributed by atoms with van der Waals surface area (Å²) in [7, 11) is 0.915. The number of rotatable bonds is 6. The van der Waals surface area contributed by atoms with Gasteiger partial charge in [0.05, 0.1) is 48.4 Å². The van der Waals surface area contributed by atoms with E-state index in [4.69, 9.17) is 24.2 Å². The van der Waals surface area contributed by atoms with Crippen LogP contribution in [0.4, 0.5) is 11.8 Å². The van der Waals surface area contributed by atoms with E-state index in [1.807, 2.05) is 11.9 Å². The van der Waals surface area contributed by atoms with E-state index < -0.39 is 16.8 Å². The summed E-state index contributed by atoms with van der Waals surface area (Å²) < 4.78 is 29.3. The lowest BCUT2D eigenvalue weighted by molar-refractivity contribution is 0.0230. The molecule has 4 aliphatic heterocycles. The predicted molar refractivity (Wildman–Crippen MR) is 144 cm³/mol. The van der Waals surface area contributed by atoms with Gasteiger partial charge < -0.3 is 28.9 Å². The number of benzene rings is 1. The number of esters is 1. The van der Waals surface area contributed by atoms with Crippen molar-refractivity contribution in [1.82, 2.24) is 14.9 Å². The van der Waals surface area contributed by atoms with Gasteiger partial charge in [-0.1, -0.05) is 0 Å². The molecule has 4 aliphatic rings. The van der Waals surface area contributed by atoms with E-state index in [1.54, 1.807) is 29.2 Å². The number of ether oxygens (including phenoxy) is 3. The largest absolute Gasteiger partial charge is 0.455 e. The minimum absolute atomic E-state index is 0.0622. The van der Waals surface area contributed by atoms with E-state index in [2.05, 4.69) is 4.90 Å². The van der Waals surface area contributed by atoms with Crippen molar-refractivity contribution in [1.29, 1.82) is 0 Å². The Morgan fingerprint density at radius 1 is 1.00 bits per heavy atom. The Kier molecular flexibility index (Phi) is 7.50. The highest BCUT2D eigenvalue weighted by atomic mass is 32.2. The first-order chi connectivity index (χ1) is 19.0. The number of fused-ring (bicyclic) bond motifs is 1. The van der Waals surface area contributed by atoms with Crippen molar-refractivity contribution in [3.8, 4) is 0 Å². The van der Waals surface area contributed by atoms with Gasteiger partial charge in [-0.25, -0.2) is 9.78 Å². The molecule has 1 aromatic carbocycles. The maximum Gasteiger partial charge on any atom is 0.338 e. The van der Waals surface area contributed by atoms with Crippen molar-refractivity contribution in [2.75, 3.05) is 75.2 Å². The van der Waals surface area contributed by atoms with Crippen LogP contribution in [0.25, 0.3) is 0 Å². The molecule has 0 saturated carbocycles. The van der Waals surface area contributed by atoms with Crippen molar-refractivity contribution in [3.05, 3.63) is 41.1 Å². The molecule has 11 nitrogen and oxygen atoms in total. The van der Waals surface area contributed by atoms with E-state index in [0.29, 0.717) is 81.9 Å². The summed E-state index contributed by atoms with van der Waals surface area (Å²) in [5, 5.41) is 0. The third-order valence-electron chi connectivity index (χ3n) is 7.80. The quantitative estimate of drug-likeness (QED) is 0.483. The summed E-state index contributed by atoms with van der Waals surface area (Å²) in [5.74, 6) is 1.41. The molecule has 0 radical (unpaired) electrons. The number of aryl methyl sites for hydroxylation is 1. The van der Waals surface area contributed by atoms with Crippen LogP contribution in [0.5, 0.6) is 0 Å². The Morgan fingerprint density at radius 2 is 1.67 bits per heavy atom. The molecule has 12 heteroatoms. The van der Waals surface area contributed by atoms with Crippen molar-refractivity contribution in [2.24, 2.45) is 0 Å². The Balaban J connectivity index is 1.08. The summed E-state index contributed by atoms with van der Waals surface area (Å²) in [5.41, 5.74) is 1.79. The fourth-order valence-electron chi connectivity index (χ4n) is 5.38. The van der Waals surface area contributed by atoms with E-state index in [0.717, 1.165) is 29.2 Å². The number of nitrogens with zero attached hydrogens (tertiary/aromatic N) is 5. The predicted octanol–water partition coefficient (Wildman–Crippen LogP) is 1.27. The van der Waals surface area contributed by atoms with E-state index in [-0.39, 0.29) is 18.1 Å². The maximum atomic E-state index is 12.8. The number of carbonyl (C=O) groups is 2. The summed E-state index contributed by atoms with van der Waals surface area (Å²) in [4.78, 5) is 41.6. The van der Waals surface area contributed by atoms with E-state index >= 15 is 0 Å². The fourth-order valence-corrected chi connectivity index (χ4v) is 6.77. The van der Waals surface area contributed by atoms with Crippen LogP contribution in [0.15, 0.2) is 29.2 Å². The Hall–Kier alpha value is -3.09. The lowest BCUT2D eigenvalue weighted by Gasteiger charge is -2.39. The Morgan fingerprint density at radius 3 is 2.38 bits per heavy atom. The van der Waals surface area contributed by atoms with Crippen molar-refractivity contribution in [3.63, 3.8) is 0 Å². The number of aromatic nitrogens is 2. The van der Waals surface area contributed by atoms with Crippen LogP contribution in [0, 0.1) is 0 Å². The van der Waals surface area contributed by atoms with Crippen molar-refractivity contribution in [2.45, 2.75) is 36.3 Å². The molecule has 1 amide bonds. The number of amides is 1. The van der Waals surface area contributed by atoms with Gasteiger partial charge in [-0.3, -0.25) is 9.00 Å². The van der Waals surface area contributed by atoms with Crippen LogP contribution < -0.4 is 9.80 Å². The average molecular weight is 556 g/mol. The third-order valence-corrected chi connectivity index (χ3v) is 9.25. The summed E-state index contributed by atoms with van der Waals surface area (Å²) in [6, 6.07) is 6.88. The zero-order chi connectivity index (χ0) is 26.9. The number of hydrogen-bond donors (Lipinski definition) is 0. The molecule has 5 heterocycles. The third kappa shape index (κ3) is 5.37. The first-order valence-electron chi connectivity index (χ1n) is 13.5. The minimum Gasteiger partial charge on any atom is -0.455 e. The van der Waals surface area contributed by atoms with Crippen LogP contribution in [-0.4, -0.2) is 109 Å². The molecule has 0 bridgehead atoms. The summed E-state index contributed by atoms with van der Waals surface area (Å²) >= 11 is 0. The fraction of sp³-hybridized carbons (Fsp3) is 0.556. The number of carbonyl (C=O) groups excluding carboxylic acids is 2. The van der Waals surface area contributed by atoms with Gasteiger partial charge in [-0.2, -0.15) is 4.98 Å². The van der Waals surface area contributed by atoms with Crippen LogP contribution >= 0.6 is 0 Å². The van der Waals surface area contributed by atoms with Gasteiger partial charge in [0.15, 0.2) is 5.82 Å². The van der Waals surface area contributed by atoms with Gasteiger partial charge in [0.2, 0.25) is 5.95 Å². The maximum absolute atomic E-state index is 12.8. The molecule has 0 spiro atoms. The standard InChI is InChI=1S/C27H33N5O6S/c1-30(20-6-11-36-12-7-20)24-23-22(8-15-39(23)35)28-27(29-24)32-16-21(17-32)38-26(34)19-4-2-18(3-5-19)25(33)31-9-13-37-14-10-31/h2-5,20-21H,6-17H2,1H3. The summed E-state index contributed by atoms with van der Waals surface area (Å²) in [6.07, 6.45) is 2.19. The van der Waals surface area contributed by atoms with Gasteiger partial charge in [0.1, 0.15) is 11.0 Å². The molecule has 1 unspecified atom stereocenters. The first-order valence-corrected chi connectivity index (χ1v) is 14.8. The molecule has 208 valence electrons. The first kappa shape index (κ1) is 26.1. The summed E-state index contributed by atoms with van der Waals surface area (Å²) in [6.45, 7) is 4.62. The molecule has 1 atom stereocenters. The van der Waals surface area contributed by atoms with Crippen LogP contribution in [0.3, 0.4) is 0 Å². The molecule has 0 aliphatic carbocycles. The average Bonchev–Trinajstić information content (AvgIpc) is 3.34. The molecule has 6 rings (SSSR count). The second-order valence-electron chi connectivity index (χ2n) is 10.3. The topological polar surface area (TPSA) is 114 Å². The van der Waals surface area contributed by atoms with E-state index in [9.17, 15) is 13.8 Å². The molecular weight excluding hydrogens is 522 g/mol. The van der Waals surface area contributed by atoms with Crippen LogP contribution in [0.2, 0.25) is 0 Å². The zero-order valence-electron chi connectivity index (χ0n) is 22.0. The molecule has 2 aromatic rings. The molecule has 0 N–H and O–H groups in total. The second kappa shape index (κ2) is 11.2. The molecule has 1 aromatic heterocycles. The van der Waals surface area contributed by atoms with Crippen molar-refractivity contribution < 1.29 is 28.0 Å². The molecular formula is C27H33N5O6S. The highest BCUT2D eigenvalue weighted by Gasteiger charge is 2.36. The number of hydrogen-bond acceptors (Lipinski definition) is 10. The lowest BCUT2D eigenvalue weighted by atomic mass is 10.1. The Labute approximate surface area is 229 Å². The van der Waals surface area contributed by atoms with Crippen LogP contribution in [-0.2, 0) is 31.4 Å². The number of morpholine rings is 1. The zero-order valence-corrected chi connectivity index (χ0v) is 22.9. The molecule has 3 fully saturated rings. The monoisotopic (exact) mass is 555 g/mol. The highest BCUT2D eigenvalue weighted by molar-refractivity contribution is 7.85. The Bertz CT molecular complexity index is 1260. The SMILES string of the molecule is CN(c1nc(N2CC(OC(=O)c3ccc(C(=O)N4CCOCC4)cc3)C2)nc2c1S(=O)CC2)C1CCOCC1. The van der Waals surface area contributed by atoms with Gasteiger partial charge in [0, 0.05) is 57.1 Å². The van der Waals surface area contributed by atoms with Crippen LogP contribution in [0.1, 0.15) is 39.3 Å².